The highest BCUT2D eigenvalue weighted by Crippen LogP contribution is 2.24. The maximum Gasteiger partial charge on any atom is 0.257 e. The minimum Gasteiger partial charge on any atom is -0.381 e. The molecule has 3 heterocycles. The van der Waals surface area contributed by atoms with E-state index in [0.29, 0.717) is 19.2 Å². The first kappa shape index (κ1) is 15.5. The van der Waals surface area contributed by atoms with E-state index < -0.39 is 0 Å². The van der Waals surface area contributed by atoms with Gasteiger partial charge in [-0.1, -0.05) is 0 Å². The Morgan fingerprint density at radius 2 is 1.86 bits per heavy atom. The van der Waals surface area contributed by atoms with Gasteiger partial charge < -0.3 is 14.4 Å². The Morgan fingerprint density at radius 1 is 1.18 bits per heavy atom. The van der Waals surface area contributed by atoms with Gasteiger partial charge in [0, 0.05) is 38.1 Å². The molecule has 0 N–H and O–H groups in total. The summed E-state index contributed by atoms with van der Waals surface area (Å²) in [6, 6.07) is 0.557. The van der Waals surface area contributed by atoms with Crippen molar-refractivity contribution in [1.29, 1.82) is 0 Å². The molecule has 1 amide bonds. The van der Waals surface area contributed by atoms with Crippen molar-refractivity contribution in [2.45, 2.75) is 45.2 Å². The van der Waals surface area contributed by atoms with Crippen LogP contribution < -0.4 is 0 Å². The van der Waals surface area contributed by atoms with Crippen LogP contribution in [0.4, 0.5) is 0 Å². The normalized spacial score (nSPS) is 24.3. The molecule has 1 atom stereocenters. The number of hydrogen-bond donors (Lipinski definition) is 0. The number of carbonyl (C=O) groups is 1. The van der Waals surface area contributed by atoms with Crippen molar-refractivity contribution in [1.82, 2.24) is 14.7 Å². The van der Waals surface area contributed by atoms with E-state index in [9.17, 15) is 4.79 Å². The lowest BCUT2D eigenvalue weighted by Gasteiger charge is -2.27. The van der Waals surface area contributed by atoms with Gasteiger partial charge in [0.25, 0.3) is 5.91 Å². The summed E-state index contributed by atoms with van der Waals surface area (Å²) in [5, 5.41) is 4.49. The Labute approximate surface area is 131 Å². The lowest BCUT2D eigenvalue weighted by molar-refractivity contribution is 0.0652. The van der Waals surface area contributed by atoms with Crippen LogP contribution in [0.2, 0.25) is 0 Å². The van der Waals surface area contributed by atoms with Crippen LogP contribution in [0, 0.1) is 6.92 Å². The number of hydrogen-bond acceptors (Lipinski definition) is 4. The highest BCUT2D eigenvalue weighted by atomic mass is 16.5. The smallest absolute Gasteiger partial charge is 0.257 e. The minimum atomic E-state index is 0.0776. The molecule has 0 saturated carbocycles. The number of aromatic nitrogens is 2. The predicted molar refractivity (Wildman–Crippen MR) is 82.0 cm³/mol. The molecule has 6 heteroatoms. The highest BCUT2D eigenvalue weighted by molar-refractivity contribution is 5.95. The lowest BCUT2D eigenvalue weighted by Crippen LogP contribution is -2.39. The molecule has 3 rings (SSSR count). The summed E-state index contributed by atoms with van der Waals surface area (Å²) in [7, 11) is 0. The van der Waals surface area contributed by atoms with Crippen molar-refractivity contribution >= 4 is 5.91 Å². The SMILES string of the molecule is Cc1c(C(=O)N2CCOCCC2C)cnn1C1CCOCC1. The molecular weight excluding hydrogens is 282 g/mol. The van der Waals surface area contributed by atoms with Crippen LogP contribution in [0.15, 0.2) is 6.20 Å². The van der Waals surface area contributed by atoms with E-state index in [4.69, 9.17) is 9.47 Å². The quantitative estimate of drug-likeness (QED) is 0.836. The Morgan fingerprint density at radius 3 is 2.64 bits per heavy atom. The zero-order valence-electron chi connectivity index (χ0n) is 13.5. The van der Waals surface area contributed by atoms with Crippen molar-refractivity contribution in [3.05, 3.63) is 17.5 Å². The molecule has 2 aliphatic rings. The monoisotopic (exact) mass is 307 g/mol. The van der Waals surface area contributed by atoms with Gasteiger partial charge in [0.05, 0.1) is 24.4 Å². The van der Waals surface area contributed by atoms with Gasteiger partial charge in [0.15, 0.2) is 0 Å². The number of ether oxygens (including phenoxy) is 2. The molecule has 2 saturated heterocycles. The Bertz CT molecular complexity index is 523. The second-order valence-electron chi connectivity index (χ2n) is 6.18. The van der Waals surface area contributed by atoms with E-state index in [0.717, 1.165) is 50.3 Å². The van der Waals surface area contributed by atoms with Gasteiger partial charge in [0.1, 0.15) is 0 Å². The van der Waals surface area contributed by atoms with Gasteiger partial charge >= 0.3 is 0 Å². The minimum absolute atomic E-state index is 0.0776. The summed E-state index contributed by atoms with van der Waals surface area (Å²) in [6.07, 6.45) is 4.54. The first-order chi connectivity index (χ1) is 10.7. The first-order valence-electron chi connectivity index (χ1n) is 8.19. The van der Waals surface area contributed by atoms with Crippen LogP contribution in [-0.2, 0) is 9.47 Å². The summed E-state index contributed by atoms with van der Waals surface area (Å²) in [4.78, 5) is 14.8. The topological polar surface area (TPSA) is 56.6 Å². The molecule has 1 aromatic heterocycles. The highest BCUT2D eigenvalue weighted by Gasteiger charge is 2.27. The van der Waals surface area contributed by atoms with E-state index >= 15 is 0 Å². The van der Waals surface area contributed by atoms with Gasteiger partial charge in [-0.25, -0.2) is 0 Å². The lowest BCUT2D eigenvalue weighted by atomic mass is 10.1. The maximum absolute atomic E-state index is 12.9. The second-order valence-corrected chi connectivity index (χ2v) is 6.18. The fourth-order valence-electron chi connectivity index (χ4n) is 3.28. The third kappa shape index (κ3) is 3.03. The molecule has 1 aromatic rings. The van der Waals surface area contributed by atoms with Crippen LogP contribution in [0.5, 0.6) is 0 Å². The first-order valence-corrected chi connectivity index (χ1v) is 8.19. The average molecular weight is 307 g/mol. The zero-order valence-corrected chi connectivity index (χ0v) is 13.5. The van der Waals surface area contributed by atoms with Crippen molar-refractivity contribution in [3.63, 3.8) is 0 Å². The Balaban J connectivity index is 1.79. The van der Waals surface area contributed by atoms with Gasteiger partial charge in [-0.2, -0.15) is 5.10 Å². The third-order valence-corrected chi connectivity index (χ3v) is 4.76. The van der Waals surface area contributed by atoms with E-state index in [-0.39, 0.29) is 11.9 Å². The van der Waals surface area contributed by atoms with Crippen LogP contribution in [0.1, 0.15) is 48.3 Å². The summed E-state index contributed by atoms with van der Waals surface area (Å²) < 4.78 is 12.9. The summed E-state index contributed by atoms with van der Waals surface area (Å²) in [5.74, 6) is 0.0776. The second kappa shape index (κ2) is 6.79. The van der Waals surface area contributed by atoms with E-state index in [1.54, 1.807) is 6.20 Å². The molecule has 22 heavy (non-hydrogen) atoms. The molecule has 0 bridgehead atoms. The maximum atomic E-state index is 12.9. The van der Waals surface area contributed by atoms with Crippen molar-refractivity contribution < 1.29 is 14.3 Å². The van der Waals surface area contributed by atoms with E-state index in [1.807, 2.05) is 16.5 Å². The molecule has 122 valence electrons. The Kier molecular flexibility index (Phi) is 4.78. The van der Waals surface area contributed by atoms with E-state index in [1.165, 1.54) is 0 Å². The number of nitrogens with zero attached hydrogens (tertiary/aromatic N) is 3. The van der Waals surface area contributed by atoms with Gasteiger partial charge in [-0.3, -0.25) is 9.48 Å². The summed E-state index contributed by atoms with van der Waals surface area (Å²) in [6.45, 7) is 7.62. The molecule has 0 radical (unpaired) electrons. The molecule has 0 aromatic carbocycles. The van der Waals surface area contributed by atoms with Gasteiger partial charge in [0.2, 0.25) is 0 Å². The number of amides is 1. The molecule has 1 unspecified atom stereocenters. The average Bonchev–Trinajstić information content (AvgIpc) is 2.78. The molecule has 0 spiro atoms. The predicted octanol–water partition coefficient (Wildman–Crippen LogP) is 1.79. The van der Waals surface area contributed by atoms with Crippen LogP contribution in [0.25, 0.3) is 0 Å². The van der Waals surface area contributed by atoms with E-state index in [2.05, 4.69) is 12.0 Å². The number of rotatable bonds is 2. The van der Waals surface area contributed by atoms with Crippen LogP contribution in [0.3, 0.4) is 0 Å². The summed E-state index contributed by atoms with van der Waals surface area (Å²) >= 11 is 0. The number of carbonyl (C=O) groups excluding carboxylic acids is 1. The zero-order chi connectivity index (χ0) is 15.5. The van der Waals surface area contributed by atoms with Crippen molar-refractivity contribution in [2.24, 2.45) is 0 Å². The molecule has 2 aliphatic heterocycles. The van der Waals surface area contributed by atoms with Crippen LogP contribution in [-0.4, -0.2) is 59.6 Å². The molecule has 6 nitrogen and oxygen atoms in total. The molecule has 0 aliphatic carbocycles. The van der Waals surface area contributed by atoms with Crippen molar-refractivity contribution in [2.75, 3.05) is 33.0 Å². The third-order valence-electron chi connectivity index (χ3n) is 4.76. The fourth-order valence-corrected chi connectivity index (χ4v) is 3.28. The summed E-state index contributed by atoms with van der Waals surface area (Å²) in [5.41, 5.74) is 1.69. The van der Waals surface area contributed by atoms with Gasteiger partial charge in [-0.05, 0) is 33.1 Å². The van der Waals surface area contributed by atoms with Gasteiger partial charge in [-0.15, -0.1) is 0 Å². The largest absolute Gasteiger partial charge is 0.381 e. The Hall–Kier alpha value is -1.40. The standard InChI is InChI=1S/C16H25N3O3/c1-12-3-7-22-10-6-18(12)16(20)15-11-17-19(13(15)2)14-4-8-21-9-5-14/h11-12,14H,3-10H2,1-2H3. The molecular formula is C16H25N3O3. The van der Waals surface area contributed by atoms with Crippen LogP contribution >= 0.6 is 0 Å². The van der Waals surface area contributed by atoms with Crippen molar-refractivity contribution in [3.8, 4) is 0 Å². The fraction of sp³-hybridized carbons (Fsp3) is 0.750. The molecule has 2 fully saturated rings.